The molecule has 1 fully saturated rings. The number of hydrogen-bond donors (Lipinski definition) is 1. The molecule has 1 N–H and O–H groups in total. The molecule has 108 valence electrons. The van der Waals surface area contributed by atoms with Gasteiger partial charge in [-0.3, -0.25) is 4.90 Å². The maximum Gasteiger partial charge on any atom is 0.0218 e. The molecule has 0 aromatic carbocycles. The van der Waals surface area contributed by atoms with Crippen LogP contribution in [-0.4, -0.2) is 36.1 Å². The fraction of sp³-hybridized carbons (Fsp3) is 1.00. The molecule has 2 nitrogen and oxygen atoms in total. The second-order valence-corrected chi connectivity index (χ2v) is 6.93. The molecule has 1 aliphatic rings. The van der Waals surface area contributed by atoms with Crippen LogP contribution in [0.2, 0.25) is 0 Å². The Morgan fingerprint density at radius 2 is 1.89 bits per heavy atom. The first-order valence-electron chi connectivity index (χ1n) is 7.95. The standard InChI is InChI=1S/C16H34N2/c1-6-14-9-8-11-18(12-10-14)15(7-2)13-17-16(3,4)5/h14-15,17H,6-13H2,1-5H3. The van der Waals surface area contributed by atoms with Crippen molar-refractivity contribution in [2.24, 2.45) is 5.92 Å². The third-order valence-corrected chi connectivity index (χ3v) is 4.32. The lowest BCUT2D eigenvalue weighted by molar-refractivity contribution is 0.181. The minimum absolute atomic E-state index is 0.241. The molecule has 2 heteroatoms. The zero-order valence-corrected chi connectivity index (χ0v) is 13.3. The van der Waals surface area contributed by atoms with Gasteiger partial charge in [0.15, 0.2) is 0 Å². The van der Waals surface area contributed by atoms with Crippen molar-refractivity contribution < 1.29 is 0 Å². The highest BCUT2D eigenvalue weighted by Crippen LogP contribution is 2.22. The molecule has 1 rings (SSSR count). The highest BCUT2D eigenvalue weighted by molar-refractivity contribution is 4.80. The van der Waals surface area contributed by atoms with Crippen molar-refractivity contribution in [3.05, 3.63) is 0 Å². The fourth-order valence-corrected chi connectivity index (χ4v) is 2.92. The second kappa shape index (κ2) is 7.49. The van der Waals surface area contributed by atoms with Crippen LogP contribution in [0.4, 0.5) is 0 Å². The summed E-state index contributed by atoms with van der Waals surface area (Å²) in [6.45, 7) is 15.2. The molecule has 0 aliphatic carbocycles. The Kier molecular flexibility index (Phi) is 6.65. The van der Waals surface area contributed by atoms with Gasteiger partial charge in [0.1, 0.15) is 0 Å². The lowest BCUT2D eigenvalue weighted by Gasteiger charge is -2.33. The summed E-state index contributed by atoms with van der Waals surface area (Å²) in [4.78, 5) is 2.73. The van der Waals surface area contributed by atoms with Gasteiger partial charge in [0.05, 0.1) is 0 Å². The monoisotopic (exact) mass is 254 g/mol. The largest absolute Gasteiger partial charge is 0.311 e. The number of nitrogens with one attached hydrogen (secondary N) is 1. The summed E-state index contributed by atoms with van der Waals surface area (Å²) < 4.78 is 0. The van der Waals surface area contributed by atoms with E-state index >= 15 is 0 Å². The van der Waals surface area contributed by atoms with Crippen LogP contribution < -0.4 is 5.32 Å². The number of likely N-dealkylation sites (tertiary alicyclic amines) is 1. The van der Waals surface area contributed by atoms with Crippen LogP contribution in [0.5, 0.6) is 0 Å². The molecule has 0 spiro atoms. The molecule has 1 saturated heterocycles. The SMILES string of the molecule is CCC1CCCN(C(CC)CNC(C)(C)C)CC1. The molecular formula is C16H34N2. The molecule has 0 amide bonds. The highest BCUT2D eigenvalue weighted by atomic mass is 15.2. The third-order valence-electron chi connectivity index (χ3n) is 4.32. The Morgan fingerprint density at radius 3 is 2.44 bits per heavy atom. The lowest BCUT2D eigenvalue weighted by atomic mass is 9.98. The molecule has 2 unspecified atom stereocenters. The molecule has 1 aliphatic heterocycles. The van der Waals surface area contributed by atoms with E-state index in [-0.39, 0.29) is 5.54 Å². The van der Waals surface area contributed by atoms with Gasteiger partial charge in [-0.05, 0) is 65.5 Å². The van der Waals surface area contributed by atoms with Crippen LogP contribution >= 0.6 is 0 Å². The van der Waals surface area contributed by atoms with Gasteiger partial charge in [-0.1, -0.05) is 20.3 Å². The quantitative estimate of drug-likeness (QED) is 0.805. The van der Waals surface area contributed by atoms with Gasteiger partial charge in [0.2, 0.25) is 0 Å². The third kappa shape index (κ3) is 5.71. The summed E-state index contributed by atoms with van der Waals surface area (Å²) in [5.41, 5.74) is 0.241. The van der Waals surface area contributed by atoms with E-state index in [0.29, 0.717) is 0 Å². The summed E-state index contributed by atoms with van der Waals surface area (Å²) in [7, 11) is 0. The molecule has 0 saturated carbocycles. The number of nitrogens with zero attached hydrogens (tertiary/aromatic N) is 1. The van der Waals surface area contributed by atoms with Gasteiger partial charge in [-0.15, -0.1) is 0 Å². The summed E-state index contributed by atoms with van der Waals surface area (Å²) in [6.07, 6.45) is 6.87. The van der Waals surface area contributed by atoms with E-state index in [1.165, 1.54) is 45.2 Å². The van der Waals surface area contributed by atoms with Crippen LogP contribution in [0.25, 0.3) is 0 Å². The van der Waals surface area contributed by atoms with E-state index in [1.54, 1.807) is 0 Å². The van der Waals surface area contributed by atoms with E-state index in [0.717, 1.165) is 18.5 Å². The predicted octanol–water partition coefficient (Wildman–Crippen LogP) is 3.67. The molecule has 18 heavy (non-hydrogen) atoms. The first-order chi connectivity index (χ1) is 8.46. The zero-order chi connectivity index (χ0) is 13.6. The molecule has 0 bridgehead atoms. The maximum atomic E-state index is 3.67. The van der Waals surface area contributed by atoms with Gasteiger partial charge < -0.3 is 5.32 Å². The van der Waals surface area contributed by atoms with E-state index in [9.17, 15) is 0 Å². The Balaban J connectivity index is 2.44. The van der Waals surface area contributed by atoms with Crippen molar-refractivity contribution in [1.29, 1.82) is 0 Å². The Labute approximate surface area is 115 Å². The number of hydrogen-bond acceptors (Lipinski definition) is 2. The normalized spacial score (nSPS) is 24.8. The van der Waals surface area contributed by atoms with Crippen LogP contribution in [-0.2, 0) is 0 Å². The Morgan fingerprint density at radius 1 is 1.17 bits per heavy atom. The van der Waals surface area contributed by atoms with E-state index in [4.69, 9.17) is 0 Å². The first kappa shape index (κ1) is 16.0. The van der Waals surface area contributed by atoms with Crippen molar-refractivity contribution in [1.82, 2.24) is 10.2 Å². The summed E-state index contributed by atoms with van der Waals surface area (Å²) in [6, 6.07) is 0.722. The molecule has 0 aromatic rings. The van der Waals surface area contributed by atoms with Gasteiger partial charge in [-0.25, -0.2) is 0 Å². The molecular weight excluding hydrogens is 220 g/mol. The highest BCUT2D eigenvalue weighted by Gasteiger charge is 2.22. The molecule has 1 heterocycles. The predicted molar refractivity (Wildman–Crippen MR) is 81.0 cm³/mol. The van der Waals surface area contributed by atoms with Crippen molar-refractivity contribution in [2.75, 3.05) is 19.6 Å². The number of rotatable bonds is 5. The van der Waals surface area contributed by atoms with Crippen LogP contribution in [0.15, 0.2) is 0 Å². The zero-order valence-electron chi connectivity index (χ0n) is 13.3. The van der Waals surface area contributed by atoms with Crippen molar-refractivity contribution >= 4 is 0 Å². The molecule has 0 radical (unpaired) electrons. The molecule has 2 atom stereocenters. The second-order valence-electron chi connectivity index (χ2n) is 6.93. The maximum absolute atomic E-state index is 3.67. The summed E-state index contributed by atoms with van der Waals surface area (Å²) in [5.74, 6) is 0.975. The topological polar surface area (TPSA) is 15.3 Å². The van der Waals surface area contributed by atoms with E-state index in [1.807, 2.05) is 0 Å². The first-order valence-corrected chi connectivity index (χ1v) is 7.95. The minimum atomic E-state index is 0.241. The lowest BCUT2D eigenvalue weighted by Crippen LogP contribution is -2.47. The van der Waals surface area contributed by atoms with Gasteiger partial charge in [0, 0.05) is 18.1 Å². The van der Waals surface area contributed by atoms with Crippen molar-refractivity contribution in [3.8, 4) is 0 Å². The summed E-state index contributed by atoms with van der Waals surface area (Å²) >= 11 is 0. The van der Waals surface area contributed by atoms with Crippen molar-refractivity contribution in [2.45, 2.75) is 78.3 Å². The van der Waals surface area contributed by atoms with Crippen LogP contribution in [0.3, 0.4) is 0 Å². The average Bonchev–Trinajstić information content (AvgIpc) is 2.54. The van der Waals surface area contributed by atoms with Crippen LogP contribution in [0.1, 0.15) is 66.7 Å². The Hall–Kier alpha value is -0.0800. The Bertz CT molecular complexity index is 220. The smallest absolute Gasteiger partial charge is 0.0218 e. The van der Waals surface area contributed by atoms with E-state index in [2.05, 4.69) is 44.8 Å². The summed E-state index contributed by atoms with van der Waals surface area (Å²) in [5, 5.41) is 3.67. The van der Waals surface area contributed by atoms with E-state index < -0.39 is 0 Å². The fourth-order valence-electron chi connectivity index (χ4n) is 2.92. The van der Waals surface area contributed by atoms with Gasteiger partial charge in [0.25, 0.3) is 0 Å². The average molecular weight is 254 g/mol. The van der Waals surface area contributed by atoms with Gasteiger partial charge in [-0.2, -0.15) is 0 Å². The molecule has 0 aromatic heterocycles. The minimum Gasteiger partial charge on any atom is -0.311 e. The van der Waals surface area contributed by atoms with Crippen LogP contribution in [0, 0.1) is 5.92 Å². The van der Waals surface area contributed by atoms with Crippen molar-refractivity contribution in [3.63, 3.8) is 0 Å². The van der Waals surface area contributed by atoms with Gasteiger partial charge >= 0.3 is 0 Å².